The van der Waals surface area contributed by atoms with Crippen molar-refractivity contribution in [2.75, 3.05) is 18.2 Å². The SMILES string of the molecule is C=CCn1c(SCC(=O)Nc2scc(-c3ccc(F)cc3)c2C(=O)OC)nnc1-c1csc2c1CCC(C)C2. The van der Waals surface area contributed by atoms with E-state index in [0.717, 1.165) is 30.7 Å². The number of halogens is 1. The second-order valence-electron chi connectivity index (χ2n) is 9.29. The average Bonchev–Trinajstić information content (AvgIpc) is 3.64. The van der Waals surface area contributed by atoms with Gasteiger partial charge in [0, 0.05) is 33.3 Å². The number of esters is 1. The molecule has 0 radical (unpaired) electrons. The summed E-state index contributed by atoms with van der Waals surface area (Å²) in [7, 11) is 1.28. The summed E-state index contributed by atoms with van der Waals surface area (Å²) in [5.74, 6) is 0.296. The number of ether oxygens (including phenoxy) is 1. The van der Waals surface area contributed by atoms with E-state index in [1.165, 1.54) is 52.8 Å². The van der Waals surface area contributed by atoms with Gasteiger partial charge in [0.05, 0.1) is 12.9 Å². The highest BCUT2D eigenvalue weighted by atomic mass is 32.2. The molecule has 3 aromatic heterocycles. The minimum absolute atomic E-state index is 0.0684. The predicted octanol–water partition coefficient (Wildman–Crippen LogP) is 6.70. The van der Waals surface area contributed by atoms with Crippen LogP contribution in [0.25, 0.3) is 22.5 Å². The molecule has 0 spiro atoms. The Labute approximate surface area is 238 Å². The third kappa shape index (κ3) is 5.70. The van der Waals surface area contributed by atoms with Gasteiger partial charge in [0.25, 0.3) is 0 Å². The molecule has 1 amide bonds. The Morgan fingerprint density at radius 3 is 2.74 bits per heavy atom. The number of hydrogen-bond donors (Lipinski definition) is 1. The second kappa shape index (κ2) is 11.8. The molecule has 4 aromatic rings. The molecule has 0 saturated carbocycles. The highest BCUT2D eigenvalue weighted by molar-refractivity contribution is 7.99. The number of fused-ring (bicyclic) bond motifs is 1. The monoisotopic (exact) mass is 582 g/mol. The van der Waals surface area contributed by atoms with Crippen LogP contribution in [0.1, 0.15) is 34.1 Å². The number of amides is 1. The van der Waals surface area contributed by atoms with Crippen LogP contribution < -0.4 is 5.32 Å². The van der Waals surface area contributed by atoms with E-state index < -0.39 is 5.97 Å². The number of carbonyl (C=O) groups is 2. The number of thioether (sulfide) groups is 1. The maximum absolute atomic E-state index is 13.4. The van der Waals surface area contributed by atoms with Crippen LogP contribution in [0, 0.1) is 11.7 Å². The van der Waals surface area contributed by atoms with E-state index in [-0.39, 0.29) is 23.0 Å². The molecule has 1 unspecified atom stereocenters. The van der Waals surface area contributed by atoms with Gasteiger partial charge in [-0.15, -0.1) is 39.4 Å². The van der Waals surface area contributed by atoms with Crippen molar-refractivity contribution in [3.8, 4) is 22.5 Å². The maximum Gasteiger partial charge on any atom is 0.341 e. The number of aromatic nitrogens is 3. The van der Waals surface area contributed by atoms with Gasteiger partial charge in [-0.2, -0.15) is 0 Å². The van der Waals surface area contributed by atoms with Crippen LogP contribution in [0.2, 0.25) is 0 Å². The first-order chi connectivity index (χ1) is 18.9. The van der Waals surface area contributed by atoms with Crippen molar-refractivity contribution in [3.63, 3.8) is 0 Å². The van der Waals surface area contributed by atoms with Gasteiger partial charge in [-0.3, -0.25) is 9.36 Å². The Morgan fingerprint density at radius 2 is 2.00 bits per heavy atom. The van der Waals surface area contributed by atoms with E-state index in [4.69, 9.17) is 4.74 Å². The van der Waals surface area contributed by atoms with E-state index in [1.54, 1.807) is 34.9 Å². The molecule has 5 rings (SSSR count). The van der Waals surface area contributed by atoms with E-state index in [0.29, 0.717) is 33.7 Å². The fraction of sp³-hybridized carbons (Fsp3) is 0.286. The number of nitrogens with zero attached hydrogens (tertiary/aromatic N) is 3. The zero-order valence-electron chi connectivity index (χ0n) is 21.5. The molecule has 3 heterocycles. The lowest BCUT2D eigenvalue weighted by molar-refractivity contribution is -0.113. The van der Waals surface area contributed by atoms with E-state index in [1.807, 2.05) is 4.57 Å². The fourth-order valence-electron chi connectivity index (χ4n) is 4.64. The highest BCUT2D eigenvalue weighted by Crippen LogP contribution is 2.39. The van der Waals surface area contributed by atoms with Crippen LogP contribution >= 0.6 is 34.4 Å². The van der Waals surface area contributed by atoms with Gasteiger partial charge in [0.1, 0.15) is 16.4 Å². The summed E-state index contributed by atoms with van der Waals surface area (Å²) in [5.41, 5.74) is 3.93. The predicted molar refractivity (Wildman–Crippen MR) is 155 cm³/mol. The number of rotatable bonds is 9. The van der Waals surface area contributed by atoms with Crippen molar-refractivity contribution in [2.24, 2.45) is 5.92 Å². The molecule has 1 aromatic carbocycles. The zero-order valence-corrected chi connectivity index (χ0v) is 24.0. The van der Waals surface area contributed by atoms with Crippen molar-refractivity contribution in [3.05, 3.63) is 69.5 Å². The van der Waals surface area contributed by atoms with Gasteiger partial charge in [0.2, 0.25) is 5.91 Å². The third-order valence-electron chi connectivity index (χ3n) is 6.59. The van der Waals surface area contributed by atoms with Gasteiger partial charge < -0.3 is 10.1 Å². The van der Waals surface area contributed by atoms with Gasteiger partial charge in [0.15, 0.2) is 11.0 Å². The largest absolute Gasteiger partial charge is 0.465 e. The molecule has 0 bridgehead atoms. The minimum atomic E-state index is -0.581. The van der Waals surface area contributed by atoms with Crippen molar-refractivity contribution >= 4 is 51.3 Å². The lowest BCUT2D eigenvalue weighted by Crippen LogP contribution is -2.16. The van der Waals surface area contributed by atoms with Crippen molar-refractivity contribution in [2.45, 2.75) is 37.9 Å². The van der Waals surface area contributed by atoms with Crippen LogP contribution in [0.15, 0.2) is 52.8 Å². The van der Waals surface area contributed by atoms with Crippen LogP contribution in [0.3, 0.4) is 0 Å². The lowest BCUT2D eigenvalue weighted by atomic mass is 9.88. The van der Waals surface area contributed by atoms with Crippen LogP contribution in [0.5, 0.6) is 0 Å². The van der Waals surface area contributed by atoms with Gasteiger partial charge in [-0.25, -0.2) is 9.18 Å². The number of nitrogens with one attached hydrogen (secondary N) is 1. The number of anilines is 1. The first-order valence-corrected chi connectivity index (χ1v) is 15.2. The van der Waals surface area contributed by atoms with Gasteiger partial charge >= 0.3 is 5.97 Å². The number of allylic oxidation sites excluding steroid dienone is 1. The Balaban J connectivity index is 1.33. The fourth-order valence-corrected chi connectivity index (χ4v) is 7.61. The number of carbonyl (C=O) groups excluding carboxylic acids is 2. The quantitative estimate of drug-likeness (QED) is 0.134. The molecule has 39 heavy (non-hydrogen) atoms. The van der Waals surface area contributed by atoms with Crippen molar-refractivity contribution < 1.29 is 18.7 Å². The summed E-state index contributed by atoms with van der Waals surface area (Å²) in [6.45, 7) is 6.70. The Bertz CT molecular complexity index is 1520. The van der Waals surface area contributed by atoms with E-state index >= 15 is 0 Å². The first-order valence-electron chi connectivity index (χ1n) is 12.4. The molecule has 11 heteroatoms. The Morgan fingerprint density at radius 1 is 1.23 bits per heavy atom. The standard InChI is InChI=1S/C28H27FN4O3S3/c1-4-11-33-25(21-14-37-22-12-16(2)5-10-19(21)22)31-32-28(33)39-15-23(34)30-26-24(27(35)36-3)20(13-38-26)17-6-8-18(29)9-7-17/h4,6-9,13-14,16H,1,5,10-12,15H2,2-3H3,(H,30,34). The van der Waals surface area contributed by atoms with Crippen LogP contribution in [-0.2, 0) is 28.9 Å². The van der Waals surface area contributed by atoms with Crippen molar-refractivity contribution in [1.29, 1.82) is 0 Å². The molecule has 0 aliphatic heterocycles. The summed E-state index contributed by atoms with van der Waals surface area (Å²) in [6, 6.07) is 5.81. The Hall–Kier alpha value is -3.28. The smallest absolute Gasteiger partial charge is 0.341 e. The van der Waals surface area contributed by atoms with Gasteiger partial charge in [-0.05, 0) is 48.4 Å². The van der Waals surface area contributed by atoms with E-state index in [9.17, 15) is 14.0 Å². The summed E-state index contributed by atoms with van der Waals surface area (Å²) in [4.78, 5) is 27.0. The third-order valence-corrected chi connectivity index (χ3v) is 9.51. The van der Waals surface area contributed by atoms with Gasteiger partial charge in [-0.1, -0.05) is 36.9 Å². The molecule has 202 valence electrons. The number of methoxy groups -OCH3 is 1. The molecular weight excluding hydrogens is 556 g/mol. The second-order valence-corrected chi connectivity index (χ2v) is 12.1. The molecule has 0 fully saturated rings. The molecular formula is C28H27FN4O3S3. The minimum Gasteiger partial charge on any atom is -0.465 e. The summed E-state index contributed by atoms with van der Waals surface area (Å²) in [6.07, 6.45) is 5.08. The summed E-state index contributed by atoms with van der Waals surface area (Å²) in [5, 5.41) is 16.6. The molecule has 1 aliphatic rings. The molecule has 1 atom stereocenters. The normalized spacial score (nSPS) is 14.6. The highest BCUT2D eigenvalue weighted by Gasteiger charge is 2.25. The number of benzene rings is 1. The lowest BCUT2D eigenvalue weighted by Gasteiger charge is -2.19. The zero-order chi connectivity index (χ0) is 27.5. The Kier molecular flexibility index (Phi) is 8.29. The van der Waals surface area contributed by atoms with Crippen LogP contribution in [0.4, 0.5) is 9.39 Å². The van der Waals surface area contributed by atoms with E-state index in [2.05, 4.69) is 34.4 Å². The first kappa shape index (κ1) is 27.3. The molecule has 7 nitrogen and oxygen atoms in total. The molecule has 0 saturated heterocycles. The topological polar surface area (TPSA) is 86.1 Å². The molecule has 1 N–H and O–H groups in total. The maximum atomic E-state index is 13.4. The number of thiophene rings is 2. The average molecular weight is 583 g/mol. The number of hydrogen-bond acceptors (Lipinski definition) is 8. The summed E-state index contributed by atoms with van der Waals surface area (Å²) >= 11 is 4.27. The molecule has 1 aliphatic carbocycles. The van der Waals surface area contributed by atoms with Crippen LogP contribution in [-0.4, -0.2) is 39.5 Å². The summed E-state index contributed by atoms with van der Waals surface area (Å²) < 4.78 is 20.4. The van der Waals surface area contributed by atoms with Crippen molar-refractivity contribution in [1.82, 2.24) is 14.8 Å².